The first-order valence-electron chi connectivity index (χ1n) is 6.35. The summed E-state index contributed by atoms with van der Waals surface area (Å²) in [7, 11) is 0. The molecular weight excluding hydrogens is 242 g/mol. The Bertz CT molecular complexity index is 578. The standard InChI is InChI=1S/C14H19N3O2/c1-5-18-10(4)13-16-14(19-17-13)11-7-8(2)6-9(3)12(11)15/h6-7,10H,5,15H2,1-4H3. The largest absolute Gasteiger partial charge is 0.398 e. The molecular formula is C14H19N3O2. The Morgan fingerprint density at radius 3 is 2.79 bits per heavy atom. The quantitative estimate of drug-likeness (QED) is 0.856. The molecule has 0 aliphatic heterocycles. The van der Waals surface area contributed by atoms with Gasteiger partial charge in [0, 0.05) is 12.3 Å². The van der Waals surface area contributed by atoms with E-state index in [1.165, 1.54) is 0 Å². The molecule has 2 N–H and O–H groups in total. The normalized spacial score (nSPS) is 12.6. The van der Waals surface area contributed by atoms with E-state index < -0.39 is 0 Å². The summed E-state index contributed by atoms with van der Waals surface area (Å²) in [5.74, 6) is 0.973. The van der Waals surface area contributed by atoms with E-state index in [2.05, 4.69) is 10.1 Å². The minimum absolute atomic E-state index is 0.186. The van der Waals surface area contributed by atoms with Crippen molar-refractivity contribution in [2.24, 2.45) is 0 Å². The Kier molecular flexibility index (Phi) is 3.85. The van der Waals surface area contributed by atoms with Crippen LogP contribution < -0.4 is 5.73 Å². The number of aryl methyl sites for hydroxylation is 2. The average molecular weight is 261 g/mol. The molecule has 0 saturated carbocycles. The summed E-state index contributed by atoms with van der Waals surface area (Å²) in [6, 6.07) is 3.98. The molecule has 0 spiro atoms. The van der Waals surface area contributed by atoms with Crippen molar-refractivity contribution < 1.29 is 9.26 Å². The molecule has 0 radical (unpaired) electrons. The van der Waals surface area contributed by atoms with Gasteiger partial charge in [0.1, 0.15) is 6.10 Å². The van der Waals surface area contributed by atoms with Crippen molar-refractivity contribution in [2.45, 2.75) is 33.8 Å². The lowest BCUT2D eigenvalue weighted by Gasteiger charge is -2.06. The summed E-state index contributed by atoms with van der Waals surface area (Å²) >= 11 is 0. The number of rotatable bonds is 4. The van der Waals surface area contributed by atoms with E-state index in [1.54, 1.807) is 0 Å². The highest BCUT2D eigenvalue weighted by Crippen LogP contribution is 2.29. The maximum atomic E-state index is 6.07. The van der Waals surface area contributed by atoms with Gasteiger partial charge in [-0.3, -0.25) is 0 Å². The van der Waals surface area contributed by atoms with Gasteiger partial charge in [0.15, 0.2) is 0 Å². The Balaban J connectivity index is 2.38. The molecule has 0 bridgehead atoms. The van der Waals surface area contributed by atoms with E-state index in [1.807, 2.05) is 39.8 Å². The average Bonchev–Trinajstić information content (AvgIpc) is 2.83. The molecule has 0 aliphatic rings. The molecule has 102 valence electrons. The van der Waals surface area contributed by atoms with E-state index in [0.29, 0.717) is 24.0 Å². The van der Waals surface area contributed by atoms with Gasteiger partial charge >= 0.3 is 0 Å². The minimum atomic E-state index is -0.186. The van der Waals surface area contributed by atoms with Crippen LogP contribution in [0, 0.1) is 13.8 Å². The van der Waals surface area contributed by atoms with Gasteiger partial charge in [-0.2, -0.15) is 4.98 Å². The summed E-state index contributed by atoms with van der Waals surface area (Å²) < 4.78 is 10.7. The van der Waals surface area contributed by atoms with Crippen molar-refractivity contribution in [1.29, 1.82) is 0 Å². The zero-order chi connectivity index (χ0) is 14.0. The van der Waals surface area contributed by atoms with Gasteiger partial charge in [-0.25, -0.2) is 0 Å². The van der Waals surface area contributed by atoms with Gasteiger partial charge in [-0.1, -0.05) is 11.2 Å². The second kappa shape index (κ2) is 5.40. The molecule has 1 unspecified atom stereocenters. The third-order valence-corrected chi connectivity index (χ3v) is 2.98. The monoisotopic (exact) mass is 261 g/mol. The zero-order valence-electron chi connectivity index (χ0n) is 11.7. The molecule has 1 aromatic heterocycles. The summed E-state index contributed by atoms with van der Waals surface area (Å²) in [6.07, 6.45) is -0.186. The zero-order valence-corrected chi connectivity index (χ0v) is 11.7. The molecule has 1 atom stereocenters. The van der Waals surface area contributed by atoms with Crippen LogP contribution in [-0.4, -0.2) is 16.7 Å². The van der Waals surface area contributed by atoms with Crippen molar-refractivity contribution >= 4 is 5.69 Å². The number of nitrogen functional groups attached to an aromatic ring is 1. The molecule has 19 heavy (non-hydrogen) atoms. The van der Waals surface area contributed by atoms with Crippen LogP contribution in [0.1, 0.15) is 36.9 Å². The fraction of sp³-hybridized carbons (Fsp3) is 0.429. The van der Waals surface area contributed by atoms with E-state index in [9.17, 15) is 0 Å². The van der Waals surface area contributed by atoms with Crippen LogP contribution in [0.25, 0.3) is 11.5 Å². The lowest BCUT2D eigenvalue weighted by Crippen LogP contribution is -2.01. The van der Waals surface area contributed by atoms with Crippen LogP contribution in [-0.2, 0) is 4.74 Å². The molecule has 2 rings (SSSR count). The van der Waals surface area contributed by atoms with Crippen LogP contribution in [0.4, 0.5) is 5.69 Å². The number of benzene rings is 1. The highest BCUT2D eigenvalue weighted by Gasteiger charge is 2.17. The number of nitrogens with zero attached hydrogens (tertiary/aromatic N) is 2. The molecule has 2 aromatic rings. The van der Waals surface area contributed by atoms with Crippen molar-refractivity contribution in [3.05, 3.63) is 29.1 Å². The SMILES string of the molecule is CCOC(C)c1noc(-c2cc(C)cc(C)c2N)n1. The van der Waals surface area contributed by atoms with Crippen molar-refractivity contribution in [2.75, 3.05) is 12.3 Å². The van der Waals surface area contributed by atoms with E-state index >= 15 is 0 Å². The van der Waals surface area contributed by atoms with Crippen molar-refractivity contribution in [1.82, 2.24) is 10.1 Å². The molecule has 0 aliphatic carbocycles. The van der Waals surface area contributed by atoms with Gasteiger partial charge < -0.3 is 15.0 Å². The Hall–Kier alpha value is -1.88. The van der Waals surface area contributed by atoms with E-state index in [4.69, 9.17) is 15.0 Å². The number of aromatic nitrogens is 2. The third-order valence-electron chi connectivity index (χ3n) is 2.98. The summed E-state index contributed by atoms with van der Waals surface area (Å²) in [5, 5.41) is 3.94. The van der Waals surface area contributed by atoms with Crippen LogP contribution in [0.3, 0.4) is 0 Å². The van der Waals surface area contributed by atoms with Crippen molar-refractivity contribution in [3.63, 3.8) is 0 Å². The van der Waals surface area contributed by atoms with Gasteiger partial charge in [0.25, 0.3) is 5.89 Å². The fourth-order valence-electron chi connectivity index (χ4n) is 1.99. The minimum Gasteiger partial charge on any atom is -0.398 e. The highest BCUT2D eigenvalue weighted by atomic mass is 16.5. The topological polar surface area (TPSA) is 74.2 Å². The number of hydrogen-bond donors (Lipinski definition) is 1. The van der Waals surface area contributed by atoms with Gasteiger partial charge in [0.05, 0.1) is 5.56 Å². The van der Waals surface area contributed by atoms with E-state index in [-0.39, 0.29) is 6.10 Å². The maximum Gasteiger partial charge on any atom is 0.260 e. The Morgan fingerprint density at radius 1 is 1.37 bits per heavy atom. The Morgan fingerprint density at radius 2 is 2.11 bits per heavy atom. The second-order valence-electron chi connectivity index (χ2n) is 4.60. The van der Waals surface area contributed by atoms with Gasteiger partial charge in [-0.05, 0) is 44.9 Å². The lowest BCUT2D eigenvalue weighted by atomic mass is 10.0. The summed E-state index contributed by atoms with van der Waals surface area (Å²) in [4.78, 5) is 4.36. The highest BCUT2D eigenvalue weighted by molar-refractivity contribution is 5.74. The molecule has 1 heterocycles. The number of ether oxygens (including phenoxy) is 1. The van der Waals surface area contributed by atoms with E-state index in [0.717, 1.165) is 16.7 Å². The molecule has 0 saturated heterocycles. The molecule has 5 heteroatoms. The summed E-state index contributed by atoms with van der Waals surface area (Å²) in [6.45, 7) is 8.40. The number of hydrogen-bond acceptors (Lipinski definition) is 5. The number of nitrogens with two attached hydrogens (primary N) is 1. The molecule has 1 aromatic carbocycles. The molecule has 0 amide bonds. The first kappa shape index (κ1) is 13.5. The van der Waals surface area contributed by atoms with Gasteiger partial charge in [0.2, 0.25) is 5.82 Å². The molecule has 5 nitrogen and oxygen atoms in total. The van der Waals surface area contributed by atoms with Crippen molar-refractivity contribution in [3.8, 4) is 11.5 Å². The predicted molar refractivity (Wildman–Crippen MR) is 73.7 cm³/mol. The third kappa shape index (κ3) is 2.76. The smallest absolute Gasteiger partial charge is 0.260 e. The van der Waals surface area contributed by atoms with Crippen LogP contribution in [0.15, 0.2) is 16.7 Å². The maximum absolute atomic E-state index is 6.07. The second-order valence-corrected chi connectivity index (χ2v) is 4.60. The van der Waals surface area contributed by atoms with Gasteiger partial charge in [-0.15, -0.1) is 0 Å². The summed E-state index contributed by atoms with van der Waals surface area (Å²) in [5.41, 5.74) is 9.63. The first-order chi connectivity index (χ1) is 9.02. The number of anilines is 1. The fourth-order valence-corrected chi connectivity index (χ4v) is 1.99. The van der Waals surface area contributed by atoms with Crippen LogP contribution >= 0.6 is 0 Å². The lowest BCUT2D eigenvalue weighted by molar-refractivity contribution is 0.0683. The first-order valence-corrected chi connectivity index (χ1v) is 6.35. The Labute approximate surface area is 112 Å². The molecule has 0 fully saturated rings. The predicted octanol–water partition coefficient (Wildman–Crippen LogP) is 3.03. The van der Waals surface area contributed by atoms with Crippen LogP contribution in [0.5, 0.6) is 0 Å². The van der Waals surface area contributed by atoms with Crippen LogP contribution in [0.2, 0.25) is 0 Å².